The van der Waals surface area contributed by atoms with Gasteiger partial charge in [-0.05, 0) is 6.07 Å². The molecule has 1 rings (SSSR count). The molecule has 0 aromatic heterocycles. The van der Waals surface area contributed by atoms with E-state index in [1.807, 2.05) is 0 Å². The lowest BCUT2D eigenvalue weighted by molar-refractivity contribution is -0.305. The van der Waals surface area contributed by atoms with Crippen molar-refractivity contribution in [3.8, 4) is 0 Å². The highest BCUT2D eigenvalue weighted by Crippen LogP contribution is 2.47. The normalized spacial score (nSPS) is 13.8. The molecule has 1 atom stereocenters. The van der Waals surface area contributed by atoms with Crippen molar-refractivity contribution in [3.05, 3.63) is 34.9 Å². The third-order valence-corrected chi connectivity index (χ3v) is 2.51. The quantitative estimate of drug-likeness (QED) is 0.836. The summed E-state index contributed by atoms with van der Waals surface area (Å²) in [7, 11) is 0. The van der Waals surface area contributed by atoms with Gasteiger partial charge in [-0.25, -0.2) is 14.0 Å². The van der Waals surface area contributed by atoms with E-state index in [1.54, 1.807) is 0 Å². The monoisotopic (exact) mass is 316 g/mol. The molecule has 0 amide bonds. The highest BCUT2D eigenvalue weighted by atomic mass is 19.4. The van der Waals surface area contributed by atoms with Gasteiger partial charge < -0.3 is 10.2 Å². The molecule has 0 aliphatic carbocycles. The van der Waals surface area contributed by atoms with Crippen LogP contribution in [0.1, 0.15) is 32.5 Å². The Labute approximate surface area is 112 Å². The average molecular weight is 316 g/mol. The third-order valence-electron chi connectivity index (χ3n) is 2.51. The van der Waals surface area contributed by atoms with Gasteiger partial charge in [0.15, 0.2) is 6.17 Å². The molecule has 21 heavy (non-hydrogen) atoms. The zero-order chi connectivity index (χ0) is 16.6. The summed E-state index contributed by atoms with van der Waals surface area (Å²) in [5.41, 5.74) is -4.12. The number of halogens is 6. The lowest BCUT2D eigenvalue weighted by atomic mass is 9.94. The molecule has 0 aliphatic heterocycles. The molecule has 0 aliphatic rings. The summed E-state index contributed by atoms with van der Waals surface area (Å²) >= 11 is 0. The number of aromatic carboxylic acids is 2. The first-order chi connectivity index (χ1) is 9.41. The van der Waals surface area contributed by atoms with Crippen molar-refractivity contribution >= 4 is 11.9 Å². The summed E-state index contributed by atoms with van der Waals surface area (Å²) in [4.78, 5) is 21.6. The Morgan fingerprint density at radius 3 is 1.90 bits per heavy atom. The number of alkyl halides is 6. The standard InChI is InChI=1S/C11H6F6O4/c12-7(10(13,14)11(15,16)17)4-2-1-3-5(8(18)19)6(4)9(20)21/h1-3,7H,(H,18,19)(H,20,21). The van der Waals surface area contributed by atoms with Crippen molar-refractivity contribution in [3.63, 3.8) is 0 Å². The first-order valence-corrected chi connectivity index (χ1v) is 5.09. The van der Waals surface area contributed by atoms with Crippen molar-refractivity contribution in [2.24, 2.45) is 0 Å². The van der Waals surface area contributed by atoms with Crippen molar-refractivity contribution in [2.75, 3.05) is 0 Å². The third kappa shape index (κ3) is 2.93. The Morgan fingerprint density at radius 2 is 1.52 bits per heavy atom. The average Bonchev–Trinajstić information content (AvgIpc) is 2.35. The topological polar surface area (TPSA) is 74.6 Å². The van der Waals surface area contributed by atoms with Crippen LogP contribution in [0.4, 0.5) is 26.3 Å². The smallest absolute Gasteiger partial charge is 0.456 e. The van der Waals surface area contributed by atoms with Crippen molar-refractivity contribution in [1.29, 1.82) is 0 Å². The predicted octanol–water partition coefficient (Wildman–Crippen LogP) is 3.29. The van der Waals surface area contributed by atoms with Crippen LogP contribution in [0.2, 0.25) is 0 Å². The molecular weight excluding hydrogens is 310 g/mol. The van der Waals surface area contributed by atoms with Crippen LogP contribution >= 0.6 is 0 Å². The molecule has 1 unspecified atom stereocenters. The van der Waals surface area contributed by atoms with Crippen LogP contribution in [0.3, 0.4) is 0 Å². The van der Waals surface area contributed by atoms with E-state index < -0.39 is 46.9 Å². The highest BCUT2D eigenvalue weighted by Gasteiger charge is 2.64. The number of carboxylic acid groups (broad SMARTS) is 2. The largest absolute Gasteiger partial charge is 0.478 e. The van der Waals surface area contributed by atoms with Crippen LogP contribution in [0.5, 0.6) is 0 Å². The van der Waals surface area contributed by atoms with Gasteiger partial charge in [0.05, 0.1) is 11.1 Å². The van der Waals surface area contributed by atoms with E-state index in [-0.39, 0.29) is 0 Å². The maximum Gasteiger partial charge on any atom is 0.456 e. The van der Waals surface area contributed by atoms with Gasteiger partial charge in [0.25, 0.3) is 0 Å². The summed E-state index contributed by atoms with van der Waals surface area (Å²) in [5.74, 6) is -9.91. The maximum absolute atomic E-state index is 13.5. The van der Waals surface area contributed by atoms with Crippen LogP contribution in [0, 0.1) is 0 Å². The van der Waals surface area contributed by atoms with E-state index in [2.05, 4.69) is 0 Å². The van der Waals surface area contributed by atoms with Crippen molar-refractivity contribution in [2.45, 2.75) is 18.3 Å². The second kappa shape index (κ2) is 5.26. The van der Waals surface area contributed by atoms with Crippen LogP contribution in [0.15, 0.2) is 18.2 Å². The fraction of sp³-hybridized carbons (Fsp3) is 0.273. The summed E-state index contributed by atoms with van der Waals surface area (Å²) in [6, 6.07) is 1.68. The number of carboxylic acids is 2. The fourth-order valence-electron chi connectivity index (χ4n) is 1.54. The summed E-state index contributed by atoms with van der Waals surface area (Å²) in [6.45, 7) is 0. The molecule has 0 fully saturated rings. The number of benzene rings is 1. The van der Waals surface area contributed by atoms with Crippen LogP contribution in [-0.4, -0.2) is 34.3 Å². The first-order valence-electron chi connectivity index (χ1n) is 5.09. The predicted molar refractivity (Wildman–Crippen MR) is 55.2 cm³/mol. The van der Waals surface area contributed by atoms with E-state index in [0.29, 0.717) is 18.2 Å². The minimum Gasteiger partial charge on any atom is -0.478 e. The molecule has 10 heteroatoms. The van der Waals surface area contributed by atoms with Crippen LogP contribution < -0.4 is 0 Å². The molecule has 0 saturated carbocycles. The molecule has 2 N–H and O–H groups in total. The lowest BCUT2D eigenvalue weighted by Gasteiger charge is -2.24. The van der Waals surface area contributed by atoms with Crippen LogP contribution in [0.25, 0.3) is 0 Å². The molecule has 0 radical (unpaired) electrons. The Hall–Kier alpha value is -2.26. The molecule has 0 spiro atoms. The molecule has 0 saturated heterocycles. The second-order valence-electron chi connectivity index (χ2n) is 3.86. The Kier molecular flexibility index (Phi) is 4.21. The van der Waals surface area contributed by atoms with Gasteiger partial charge in [-0.1, -0.05) is 12.1 Å². The highest BCUT2D eigenvalue weighted by molar-refractivity contribution is 6.02. The fourth-order valence-corrected chi connectivity index (χ4v) is 1.54. The van der Waals surface area contributed by atoms with E-state index in [9.17, 15) is 35.9 Å². The number of carbonyl (C=O) groups is 2. The van der Waals surface area contributed by atoms with Gasteiger partial charge in [-0.15, -0.1) is 0 Å². The molecule has 4 nitrogen and oxygen atoms in total. The minimum absolute atomic E-state index is 0.361. The van der Waals surface area contributed by atoms with Gasteiger partial charge >= 0.3 is 24.0 Å². The summed E-state index contributed by atoms with van der Waals surface area (Å²) in [6.07, 6.45) is -10.3. The number of hydrogen-bond acceptors (Lipinski definition) is 2. The number of rotatable bonds is 4. The molecule has 1 aromatic rings. The molecule has 1 aromatic carbocycles. The molecule has 0 bridgehead atoms. The first kappa shape index (κ1) is 16.8. The van der Waals surface area contributed by atoms with Gasteiger partial charge in [0, 0.05) is 5.56 Å². The van der Waals surface area contributed by atoms with Gasteiger partial charge in [-0.2, -0.15) is 22.0 Å². The van der Waals surface area contributed by atoms with Crippen molar-refractivity contribution in [1.82, 2.24) is 0 Å². The van der Waals surface area contributed by atoms with Crippen molar-refractivity contribution < 1.29 is 46.1 Å². The van der Waals surface area contributed by atoms with Gasteiger partial charge in [-0.3, -0.25) is 0 Å². The Morgan fingerprint density at radius 1 is 1.00 bits per heavy atom. The maximum atomic E-state index is 13.5. The molecule has 0 heterocycles. The molecule has 116 valence electrons. The zero-order valence-electron chi connectivity index (χ0n) is 9.79. The lowest BCUT2D eigenvalue weighted by Crippen LogP contribution is -2.41. The zero-order valence-corrected chi connectivity index (χ0v) is 9.79. The molecular formula is C11H6F6O4. The SMILES string of the molecule is O=C(O)c1cccc(C(F)C(F)(F)C(F)(F)F)c1C(=O)O. The second-order valence-corrected chi connectivity index (χ2v) is 3.86. The Balaban J connectivity index is 3.54. The summed E-state index contributed by atoms with van der Waals surface area (Å²) < 4.78 is 75.8. The van der Waals surface area contributed by atoms with Gasteiger partial charge in [0.2, 0.25) is 0 Å². The minimum atomic E-state index is -6.26. The van der Waals surface area contributed by atoms with E-state index in [4.69, 9.17) is 10.2 Å². The van der Waals surface area contributed by atoms with Gasteiger partial charge in [0.1, 0.15) is 0 Å². The summed E-state index contributed by atoms with van der Waals surface area (Å²) in [5, 5.41) is 17.4. The Bertz CT molecular complexity index is 581. The van der Waals surface area contributed by atoms with E-state index >= 15 is 0 Å². The number of hydrogen-bond donors (Lipinski definition) is 2. The van der Waals surface area contributed by atoms with E-state index in [1.165, 1.54) is 0 Å². The van der Waals surface area contributed by atoms with Crippen LogP contribution in [-0.2, 0) is 0 Å². The van der Waals surface area contributed by atoms with E-state index in [0.717, 1.165) is 0 Å².